The molecule has 0 spiro atoms. The lowest BCUT2D eigenvalue weighted by Gasteiger charge is -2.20. The lowest BCUT2D eigenvalue weighted by Crippen LogP contribution is -2.25. The van der Waals surface area contributed by atoms with Crippen LogP contribution >= 0.6 is 12.2 Å². The van der Waals surface area contributed by atoms with Crippen molar-refractivity contribution in [1.82, 2.24) is 9.55 Å². The van der Waals surface area contributed by atoms with Gasteiger partial charge in [0.25, 0.3) is 11.5 Å². The number of rotatable bonds is 4. The van der Waals surface area contributed by atoms with Crippen LogP contribution in [0.4, 0.5) is 11.4 Å². The van der Waals surface area contributed by atoms with Gasteiger partial charge in [0.1, 0.15) is 0 Å². The van der Waals surface area contributed by atoms with Gasteiger partial charge in [-0.25, -0.2) is 0 Å². The van der Waals surface area contributed by atoms with Crippen LogP contribution < -0.4 is 15.8 Å². The molecule has 1 aliphatic heterocycles. The fraction of sp³-hybridized carbons (Fsp3) is 0.238. The molecule has 2 amide bonds. The minimum Gasteiger partial charge on any atom is -0.332 e. The molecule has 7 nitrogen and oxygen atoms in total. The minimum atomic E-state index is -0.329. The smallest absolute Gasteiger partial charge is 0.262 e. The molecule has 4 rings (SSSR count). The van der Waals surface area contributed by atoms with Crippen LogP contribution in [-0.4, -0.2) is 27.9 Å². The van der Waals surface area contributed by atoms with E-state index in [4.69, 9.17) is 12.2 Å². The van der Waals surface area contributed by atoms with Crippen LogP contribution in [0.2, 0.25) is 0 Å². The van der Waals surface area contributed by atoms with Gasteiger partial charge in [-0.3, -0.25) is 19.0 Å². The standard InChI is InChI=1S/C21H20N4O3S/c1-2-24-20(28)14-10-9-13(12-16(14)23-21(24)29)19(27)22-15-6-3-4-7-17(15)25-11-5-8-18(25)26/h3-4,6-7,9-10,12H,2,5,8,11H2,1H3,(H,22,27)(H,23,29). The molecule has 8 heteroatoms. The van der Waals surface area contributed by atoms with Crippen molar-refractivity contribution in [2.75, 3.05) is 16.8 Å². The molecule has 1 aliphatic rings. The second-order valence-electron chi connectivity index (χ2n) is 6.86. The number of hydrogen-bond donors (Lipinski definition) is 2. The van der Waals surface area contributed by atoms with Crippen LogP contribution in [0, 0.1) is 4.77 Å². The molecule has 2 N–H and O–H groups in total. The Morgan fingerprint density at radius 2 is 2.00 bits per heavy atom. The first kappa shape index (κ1) is 19.1. The number of carbonyl (C=O) groups excluding carboxylic acids is 2. The predicted octanol–water partition coefficient (Wildman–Crippen LogP) is 3.46. The molecule has 1 saturated heterocycles. The second-order valence-corrected chi connectivity index (χ2v) is 7.25. The Morgan fingerprint density at radius 3 is 2.72 bits per heavy atom. The zero-order chi connectivity index (χ0) is 20.5. The van der Waals surface area contributed by atoms with Crippen LogP contribution in [0.3, 0.4) is 0 Å². The van der Waals surface area contributed by atoms with Gasteiger partial charge in [-0.2, -0.15) is 0 Å². The Morgan fingerprint density at radius 1 is 1.21 bits per heavy atom. The molecule has 29 heavy (non-hydrogen) atoms. The number of aromatic amines is 1. The average Bonchev–Trinajstić information content (AvgIpc) is 3.14. The maximum absolute atomic E-state index is 12.9. The first-order valence-corrected chi connectivity index (χ1v) is 9.88. The molecule has 2 heterocycles. The number of H-pyrrole nitrogens is 1. The topological polar surface area (TPSA) is 87.2 Å². The van der Waals surface area contributed by atoms with Crippen LogP contribution in [-0.2, 0) is 11.3 Å². The molecule has 0 unspecified atom stereocenters. The Labute approximate surface area is 172 Å². The number of fused-ring (bicyclic) bond motifs is 1. The van der Waals surface area contributed by atoms with Crippen molar-refractivity contribution in [3.8, 4) is 0 Å². The van der Waals surface area contributed by atoms with E-state index in [2.05, 4.69) is 10.3 Å². The summed E-state index contributed by atoms with van der Waals surface area (Å²) >= 11 is 5.24. The third-order valence-corrected chi connectivity index (χ3v) is 5.40. The summed E-state index contributed by atoms with van der Waals surface area (Å²) in [6, 6.07) is 12.1. The van der Waals surface area contributed by atoms with Gasteiger partial charge in [-0.1, -0.05) is 12.1 Å². The number of carbonyl (C=O) groups is 2. The summed E-state index contributed by atoms with van der Waals surface area (Å²) in [7, 11) is 0. The summed E-state index contributed by atoms with van der Waals surface area (Å²) in [5, 5.41) is 3.36. The van der Waals surface area contributed by atoms with Gasteiger partial charge in [0.05, 0.1) is 22.3 Å². The molecule has 3 aromatic rings. The number of nitrogens with one attached hydrogen (secondary N) is 2. The van der Waals surface area contributed by atoms with Gasteiger partial charge in [-0.15, -0.1) is 0 Å². The summed E-state index contributed by atoms with van der Waals surface area (Å²) in [5.41, 5.74) is 1.98. The normalized spacial score (nSPS) is 13.8. The van der Waals surface area contributed by atoms with Crippen molar-refractivity contribution in [3.63, 3.8) is 0 Å². The molecule has 148 valence electrons. The van der Waals surface area contributed by atoms with Gasteiger partial charge in [0.15, 0.2) is 4.77 Å². The number of amides is 2. The summed E-state index contributed by atoms with van der Waals surface area (Å²) in [6.07, 6.45) is 1.32. The highest BCUT2D eigenvalue weighted by Gasteiger charge is 2.24. The second kappa shape index (κ2) is 7.63. The van der Waals surface area contributed by atoms with Crippen molar-refractivity contribution in [3.05, 3.63) is 63.2 Å². The molecule has 0 aliphatic carbocycles. The van der Waals surface area contributed by atoms with E-state index in [1.54, 1.807) is 29.2 Å². The van der Waals surface area contributed by atoms with Crippen molar-refractivity contribution in [2.45, 2.75) is 26.3 Å². The van der Waals surface area contributed by atoms with Gasteiger partial charge >= 0.3 is 0 Å². The summed E-state index contributed by atoms with van der Waals surface area (Å²) in [4.78, 5) is 42.2. The van der Waals surface area contributed by atoms with Crippen molar-refractivity contribution < 1.29 is 9.59 Å². The van der Waals surface area contributed by atoms with Gasteiger partial charge in [-0.05, 0) is 55.9 Å². The number of benzene rings is 2. The average molecular weight is 408 g/mol. The maximum Gasteiger partial charge on any atom is 0.262 e. The summed E-state index contributed by atoms with van der Waals surface area (Å²) in [5.74, 6) is -0.276. The fourth-order valence-electron chi connectivity index (χ4n) is 3.59. The van der Waals surface area contributed by atoms with E-state index in [9.17, 15) is 14.4 Å². The maximum atomic E-state index is 12.9. The van der Waals surface area contributed by atoms with Gasteiger partial charge in [0, 0.05) is 25.1 Å². The summed E-state index contributed by atoms with van der Waals surface area (Å²) in [6.45, 7) is 2.96. The highest BCUT2D eigenvalue weighted by molar-refractivity contribution is 7.71. The lowest BCUT2D eigenvalue weighted by molar-refractivity contribution is -0.117. The van der Waals surface area contributed by atoms with Crippen LogP contribution in [0.25, 0.3) is 10.9 Å². The number of anilines is 2. The van der Waals surface area contributed by atoms with Gasteiger partial charge < -0.3 is 15.2 Å². The molecule has 0 saturated carbocycles. The molecule has 1 aromatic heterocycles. The zero-order valence-electron chi connectivity index (χ0n) is 15.9. The van der Waals surface area contributed by atoms with Crippen molar-refractivity contribution in [1.29, 1.82) is 0 Å². The summed E-state index contributed by atoms with van der Waals surface area (Å²) < 4.78 is 1.79. The van der Waals surface area contributed by atoms with E-state index >= 15 is 0 Å². The van der Waals surface area contributed by atoms with E-state index in [-0.39, 0.29) is 17.4 Å². The highest BCUT2D eigenvalue weighted by atomic mass is 32.1. The van der Waals surface area contributed by atoms with Crippen molar-refractivity contribution >= 4 is 46.3 Å². The Bertz CT molecular complexity index is 1240. The molecule has 2 aromatic carbocycles. The van der Waals surface area contributed by atoms with E-state index < -0.39 is 0 Å². The van der Waals surface area contributed by atoms with E-state index in [0.717, 1.165) is 6.42 Å². The first-order valence-electron chi connectivity index (χ1n) is 9.47. The lowest BCUT2D eigenvalue weighted by atomic mass is 10.1. The number of para-hydroxylation sites is 2. The molecule has 0 radical (unpaired) electrons. The zero-order valence-corrected chi connectivity index (χ0v) is 16.7. The fourth-order valence-corrected chi connectivity index (χ4v) is 3.92. The number of aromatic nitrogens is 2. The molecular weight excluding hydrogens is 388 g/mol. The molecular formula is C21H20N4O3S. The van der Waals surface area contributed by atoms with E-state index in [1.807, 2.05) is 25.1 Å². The molecule has 0 bridgehead atoms. The molecule has 0 atom stereocenters. The van der Waals surface area contributed by atoms with Crippen LogP contribution in [0.5, 0.6) is 0 Å². The Kier molecular flexibility index (Phi) is 5.02. The third kappa shape index (κ3) is 3.47. The number of nitrogens with zero attached hydrogens (tertiary/aromatic N) is 2. The monoisotopic (exact) mass is 408 g/mol. The van der Waals surface area contributed by atoms with Crippen LogP contribution in [0.15, 0.2) is 47.3 Å². The highest BCUT2D eigenvalue weighted by Crippen LogP contribution is 2.29. The Balaban J connectivity index is 1.68. The van der Waals surface area contributed by atoms with Gasteiger partial charge in [0.2, 0.25) is 5.91 Å². The Hall–Kier alpha value is -3.26. The van der Waals surface area contributed by atoms with Crippen LogP contribution in [0.1, 0.15) is 30.1 Å². The number of hydrogen-bond acceptors (Lipinski definition) is 4. The quantitative estimate of drug-likeness (QED) is 0.647. The predicted molar refractivity (Wildman–Crippen MR) is 115 cm³/mol. The molecule has 1 fully saturated rings. The largest absolute Gasteiger partial charge is 0.332 e. The minimum absolute atomic E-state index is 0.0529. The third-order valence-electron chi connectivity index (χ3n) is 5.08. The SMILES string of the molecule is CCn1c(=S)[nH]c2cc(C(=O)Nc3ccccc3N3CCCC3=O)ccc2c1=O. The van der Waals surface area contributed by atoms with E-state index in [1.165, 1.54) is 4.57 Å². The van der Waals surface area contributed by atoms with E-state index in [0.29, 0.717) is 52.1 Å². The first-order chi connectivity index (χ1) is 14.0. The van der Waals surface area contributed by atoms with Crippen molar-refractivity contribution in [2.24, 2.45) is 0 Å².